The average Bonchev–Trinajstić information content (AvgIpc) is 2.99. The van der Waals surface area contributed by atoms with E-state index in [4.69, 9.17) is 9.47 Å². The largest absolute Gasteiger partial charge is 0.394 e. The predicted octanol–water partition coefficient (Wildman–Crippen LogP) is 8.60. The van der Waals surface area contributed by atoms with Crippen molar-refractivity contribution in [2.45, 2.75) is 211 Å². The smallest absolute Gasteiger partial charge is 0.200 e. The molecule has 0 aliphatic carbocycles. The van der Waals surface area contributed by atoms with Gasteiger partial charge in [-0.3, -0.25) is 0 Å². The van der Waals surface area contributed by atoms with Crippen LogP contribution in [0.5, 0.6) is 0 Å². The molecule has 42 heavy (non-hydrogen) atoms. The van der Waals surface area contributed by atoms with E-state index in [9.17, 15) is 20.4 Å². The summed E-state index contributed by atoms with van der Waals surface area (Å²) in [5.41, 5.74) is 0. The summed E-state index contributed by atoms with van der Waals surface area (Å²) in [6.07, 6.45) is 26.2. The van der Waals surface area contributed by atoms with Crippen molar-refractivity contribution < 1.29 is 29.9 Å². The van der Waals surface area contributed by atoms with Crippen LogP contribution in [-0.4, -0.2) is 63.8 Å². The molecule has 6 atom stereocenters. The van der Waals surface area contributed by atoms with Crippen LogP contribution in [0.1, 0.15) is 181 Å². The Balaban J connectivity index is 2.36. The van der Waals surface area contributed by atoms with Gasteiger partial charge in [0.25, 0.3) is 0 Å². The summed E-state index contributed by atoms with van der Waals surface area (Å²) in [5.74, 6) is -1.59. The molecule has 252 valence electrons. The first kappa shape index (κ1) is 39.8. The minimum Gasteiger partial charge on any atom is -0.394 e. The van der Waals surface area contributed by atoms with Gasteiger partial charge in [-0.2, -0.15) is 0 Å². The number of ether oxygens (including phenoxy) is 2. The van der Waals surface area contributed by atoms with E-state index in [2.05, 4.69) is 13.8 Å². The van der Waals surface area contributed by atoms with Gasteiger partial charge >= 0.3 is 0 Å². The molecule has 0 amide bonds. The molecule has 4 N–H and O–H groups in total. The Morgan fingerprint density at radius 1 is 0.571 bits per heavy atom. The van der Waals surface area contributed by atoms with Gasteiger partial charge < -0.3 is 29.9 Å². The van der Waals surface area contributed by atoms with Crippen LogP contribution in [0.4, 0.5) is 0 Å². The molecule has 1 unspecified atom stereocenters. The van der Waals surface area contributed by atoms with Crippen molar-refractivity contribution in [1.82, 2.24) is 0 Å². The molecular weight excluding hydrogens is 528 g/mol. The van der Waals surface area contributed by atoms with E-state index < -0.39 is 36.8 Å². The molecule has 0 radical (unpaired) electrons. The first-order chi connectivity index (χ1) is 20.4. The van der Waals surface area contributed by atoms with Crippen LogP contribution in [0, 0.1) is 5.92 Å². The lowest BCUT2D eigenvalue weighted by Gasteiger charge is -2.51. The van der Waals surface area contributed by atoms with Crippen molar-refractivity contribution in [1.29, 1.82) is 0 Å². The van der Waals surface area contributed by atoms with Crippen molar-refractivity contribution >= 4 is 0 Å². The molecule has 1 rings (SSSR count). The van der Waals surface area contributed by atoms with Gasteiger partial charge in [0.15, 0.2) is 5.79 Å². The van der Waals surface area contributed by atoms with E-state index in [1.807, 2.05) is 6.92 Å². The monoisotopic (exact) mass is 601 g/mol. The molecule has 0 aromatic heterocycles. The third kappa shape index (κ3) is 16.2. The topological polar surface area (TPSA) is 99.4 Å². The van der Waals surface area contributed by atoms with Crippen LogP contribution in [-0.2, 0) is 9.47 Å². The van der Waals surface area contributed by atoms with E-state index in [1.165, 1.54) is 128 Å². The summed E-state index contributed by atoms with van der Waals surface area (Å²) in [5, 5.41) is 41.9. The summed E-state index contributed by atoms with van der Waals surface area (Å²) in [7, 11) is 0. The number of aliphatic hydroxyl groups excluding tert-OH is 4. The van der Waals surface area contributed by atoms with E-state index >= 15 is 0 Å². The predicted molar refractivity (Wildman–Crippen MR) is 175 cm³/mol. The Kier molecular flexibility index (Phi) is 24.7. The third-order valence-electron chi connectivity index (χ3n) is 9.49. The van der Waals surface area contributed by atoms with Crippen molar-refractivity contribution in [2.75, 3.05) is 13.2 Å². The first-order valence-electron chi connectivity index (χ1n) is 18.4. The Morgan fingerprint density at radius 3 is 1.36 bits per heavy atom. The zero-order chi connectivity index (χ0) is 30.9. The molecule has 1 fully saturated rings. The van der Waals surface area contributed by atoms with Gasteiger partial charge in [0, 0.05) is 5.92 Å². The molecule has 0 aromatic carbocycles. The quantitative estimate of drug-likeness (QED) is 0.0642. The summed E-state index contributed by atoms with van der Waals surface area (Å²) in [4.78, 5) is 0. The highest BCUT2D eigenvalue weighted by atomic mass is 16.7. The second-order valence-electron chi connectivity index (χ2n) is 13.3. The molecule has 0 spiro atoms. The minimum absolute atomic E-state index is 0.176. The van der Waals surface area contributed by atoms with E-state index in [0.29, 0.717) is 6.61 Å². The van der Waals surface area contributed by atoms with Gasteiger partial charge in [0.05, 0.1) is 13.2 Å². The lowest BCUT2D eigenvalue weighted by atomic mass is 9.82. The molecule has 0 saturated carbocycles. The van der Waals surface area contributed by atoms with E-state index in [-0.39, 0.29) is 5.92 Å². The van der Waals surface area contributed by atoms with E-state index in [0.717, 1.165) is 32.1 Å². The highest BCUT2D eigenvalue weighted by Gasteiger charge is 2.56. The maximum Gasteiger partial charge on any atom is 0.200 e. The number of hydrogen-bond acceptors (Lipinski definition) is 6. The second kappa shape index (κ2) is 26.0. The molecule has 1 aliphatic heterocycles. The number of aliphatic hydroxyl groups is 4. The van der Waals surface area contributed by atoms with Gasteiger partial charge in [0.1, 0.15) is 24.4 Å². The molecular formula is C36H72O6. The maximum atomic E-state index is 11.1. The lowest BCUT2D eigenvalue weighted by molar-refractivity contribution is -0.382. The number of rotatable bonds is 29. The Morgan fingerprint density at radius 2 is 0.952 bits per heavy atom. The van der Waals surface area contributed by atoms with Gasteiger partial charge in [-0.05, 0) is 12.8 Å². The van der Waals surface area contributed by atoms with Gasteiger partial charge in [0.2, 0.25) is 0 Å². The molecule has 1 aliphatic rings. The van der Waals surface area contributed by atoms with Crippen LogP contribution in [0.3, 0.4) is 0 Å². The van der Waals surface area contributed by atoms with Crippen LogP contribution in [0.15, 0.2) is 0 Å². The number of hydrogen-bond donors (Lipinski definition) is 4. The van der Waals surface area contributed by atoms with Gasteiger partial charge in [-0.25, -0.2) is 0 Å². The lowest BCUT2D eigenvalue weighted by Crippen LogP contribution is -2.68. The zero-order valence-corrected chi connectivity index (χ0v) is 28.1. The SMILES string of the molecule is CCCCCCCCCCCCCCCCO[C@]1(C(C)CCCCCCCCCCCC)O[C@H](CO)[C@H](O)[C@H](O)[C@H]1O. The highest BCUT2D eigenvalue weighted by molar-refractivity contribution is 4.99. The first-order valence-corrected chi connectivity index (χ1v) is 18.4. The Bertz CT molecular complexity index is 587. The van der Waals surface area contributed by atoms with Crippen molar-refractivity contribution in [3.8, 4) is 0 Å². The molecule has 0 bridgehead atoms. The summed E-state index contributed by atoms with van der Waals surface area (Å²) in [6.45, 7) is 6.52. The average molecular weight is 601 g/mol. The Labute approximate surface area is 260 Å². The van der Waals surface area contributed by atoms with Crippen LogP contribution in [0.25, 0.3) is 0 Å². The molecule has 6 heteroatoms. The third-order valence-corrected chi connectivity index (χ3v) is 9.49. The minimum atomic E-state index is -1.41. The fourth-order valence-electron chi connectivity index (χ4n) is 6.50. The van der Waals surface area contributed by atoms with Crippen LogP contribution in [0.2, 0.25) is 0 Å². The van der Waals surface area contributed by atoms with Crippen LogP contribution >= 0.6 is 0 Å². The second-order valence-corrected chi connectivity index (χ2v) is 13.3. The number of unbranched alkanes of at least 4 members (excludes halogenated alkanes) is 22. The fraction of sp³-hybridized carbons (Fsp3) is 1.00. The molecule has 1 heterocycles. The van der Waals surface area contributed by atoms with Crippen molar-refractivity contribution in [3.63, 3.8) is 0 Å². The summed E-state index contributed by atoms with van der Waals surface area (Å²) in [6, 6.07) is 0. The molecule has 1 saturated heterocycles. The van der Waals surface area contributed by atoms with E-state index in [1.54, 1.807) is 0 Å². The summed E-state index contributed by atoms with van der Waals surface area (Å²) >= 11 is 0. The zero-order valence-electron chi connectivity index (χ0n) is 28.1. The highest BCUT2D eigenvalue weighted by Crippen LogP contribution is 2.39. The Hall–Kier alpha value is -0.240. The maximum absolute atomic E-state index is 11.1. The summed E-state index contributed by atoms with van der Waals surface area (Å²) < 4.78 is 12.4. The fourth-order valence-corrected chi connectivity index (χ4v) is 6.50. The molecule has 6 nitrogen and oxygen atoms in total. The standard InChI is InChI=1S/C36H72O6/c1-4-6-8-10-12-14-16-17-18-19-21-23-25-27-29-41-36(35(40)34(39)33(38)32(30-37)42-36)31(3)28-26-24-22-20-15-13-11-9-7-5-2/h31-35,37-40H,4-30H2,1-3H3/t31?,32-,33+,34+,35-,36-/m1/s1. The van der Waals surface area contributed by atoms with Crippen LogP contribution < -0.4 is 0 Å². The molecule has 0 aromatic rings. The van der Waals surface area contributed by atoms with Gasteiger partial charge in [-0.15, -0.1) is 0 Å². The van der Waals surface area contributed by atoms with Crippen molar-refractivity contribution in [2.24, 2.45) is 5.92 Å². The normalized spacial score (nSPS) is 25.2. The van der Waals surface area contributed by atoms with Crippen molar-refractivity contribution in [3.05, 3.63) is 0 Å². The van der Waals surface area contributed by atoms with Gasteiger partial charge in [-0.1, -0.05) is 168 Å².